The number of nitrogens with one attached hydrogen (secondary N) is 1. The number of aryl methyl sites for hydroxylation is 2. The van der Waals surface area contributed by atoms with Crippen LogP contribution >= 0.6 is 0 Å². The lowest BCUT2D eigenvalue weighted by molar-refractivity contribution is -0.121. The summed E-state index contributed by atoms with van der Waals surface area (Å²) in [5.74, 6) is 0.630. The molecule has 0 bridgehead atoms. The van der Waals surface area contributed by atoms with E-state index in [0.29, 0.717) is 11.9 Å². The quantitative estimate of drug-likeness (QED) is 0.413. The molecule has 0 saturated heterocycles. The lowest BCUT2D eigenvalue weighted by Crippen LogP contribution is -2.27. The highest BCUT2D eigenvalue weighted by Gasteiger charge is 2.19. The largest absolute Gasteiger partial charge is 0.350 e. The smallest absolute Gasteiger partial charge is 0.242 e. The van der Waals surface area contributed by atoms with Gasteiger partial charge in [-0.3, -0.25) is 4.79 Å². The summed E-state index contributed by atoms with van der Waals surface area (Å²) in [6, 6.07) is 12.5. The van der Waals surface area contributed by atoms with Crippen LogP contribution in [0, 0.1) is 0 Å². The van der Waals surface area contributed by atoms with Gasteiger partial charge in [0.1, 0.15) is 18.5 Å². The Bertz CT molecular complexity index is 1410. The van der Waals surface area contributed by atoms with Gasteiger partial charge >= 0.3 is 0 Å². The Morgan fingerprint density at radius 3 is 2.53 bits per heavy atom. The van der Waals surface area contributed by atoms with Gasteiger partial charge in [-0.25, -0.2) is 27.4 Å². The van der Waals surface area contributed by atoms with Gasteiger partial charge in [-0.05, 0) is 42.8 Å². The fourth-order valence-electron chi connectivity index (χ4n) is 3.70. The SMILES string of the molecule is CC(NC(=O)CCc1nc2cc(S(=O)(=O)N(C)C)ccc2n1C)c1ccc(-n2cncn2)cc1. The normalized spacial score (nSPS) is 12.9. The maximum absolute atomic E-state index is 12.6. The molecule has 11 heteroatoms. The third kappa shape index (κ3) is 4.70. The third-order valence-electron chi connectivity index (χ3n) is 5.75. The lowest BCUT2D eigenvalue weighted by atomic mass is 10.1. The number of rotatable bonds is 8. The number of fused-ring (bicyclic) bond motifs is 1. The molecule has 0 aliphatic rings. The Hall–Kier alpha value is -3.57. The summed E-state index contributed by atoms with van der Waals surface area (Å²) in [4.78, 5) is 21.3. The van der Waals surface area contributed by atoms with Crippen LogP contribution in [0.4, 0.5) is 0 Å². The Kier molecular flexibility index (Phi) is 6.49. The molecule has 1 N–H and O–H groups in total. The van der Waals surface area contributed by atoms with Crippen LogP contribution in [-0.4, -0.2) is 57.0 Å². The Morgan fingerprint density at radius 1 is 1.15 bits per heavy atom. The molecule has 0 aliphatic carbocycles. The maximum atomic E-state index is 12.6. The molecule has 34 heavy (non-hydrogen) atoms. The zero-order valence-electron chi connectivity index (χ0n) is 19.5. The fraction of sp³-hybridized carbons (Fsp3) is 0.304. The molecule has 2 heterocycles. The second kappa shape index (κ2) is 9.35. The van der Waals surface area contributed by atoms with Crippen molar-refractivity contribution in [1.82, 2.24) is 33.9 Å². The van der Waals surface area contributed by atoms with Crippen LogP contribution in [0.2, 0.25) is 0 Å². The molecular weight excluding hydrogens is 454 g/mol. The molecule has 4 aromatic rings. The standard InChI is InChI=1S/C23H27N7O3S/c1-16(17-5-7-18(8-6-17)30-15-24-14-25-30)26-23(31)12-11-22-27-20-13-19(34(32,33)28(2)3)9-10-21(20)29(22)4/h5-10,13-16H,11-12H2,1-4H3,(H,26,31). The summed E-state index contributed by atoms with van der Waals surface area (Å²) in [6.45, 7) is 1.93. The molecule has 0 fully saturated rings. The summed E-state index contributed by atoms with van der Waals surface area (Å²) in [5.41, 5.74) is 3.27. The number of aromatic nitrogens is 5. The molecule has 178 valence electrons. The van der Waals surface area contributed by atoms with Gasteiger partial charge in [0.25, 0.3) is 0 Å². The molecular formula is C23H27N7O3S. The monoisotopic (exact) mass is 481 g/mol. The molecule has 1 atom stereocenters. The van der Waals surface area contributed by atoms with Crippen molar-refractivity contribution in [2.75, 3.05) is 14.1 Å². The summed E-state index contributed by atoms with van der Waals surface area (Å²) >= 11 is 0. The Morgan fingerprint density at radius 2 is 1.88 bits per heavy atom. The number of nitrogens with zero attached hydrogens (tertiary/aromatic N) is 6. The molecule has 2 aromatic carbocycles. The number of imidazole rings is 1. The highest BCUT2D eigenvalue weighted by atomic mass is 32.2. The van der Waals surface area contributed by atoms with E-state index in [1.165, 1.54) is 24.7 Å². The summed E-state index contributed by atoms with van der Waals surface area (Å²) in [6.07, 6.45) is 3.81. The van der Waals surface area contributed by atoms with E-state index in [1.54, 1.807) is 29.2 Å². The van der Waals surface area contributed by atoms with Gasteiger partial charge in [0.05, 0.1) is 27.7 Å². The third-order valence-corrected chi connectivity index (χ3v) is 7.56. The van der Waals surface area contributed by atoms with E-state index in [-0.39, 0.29) is 23.3 Å². The molecule has 1 unspecified atom stereocenters. The van der Waals surface area contributed by atoms with Gasteiger partial charge in [-0.15, -0.1) is 0 Å². The van der Waals surface area contributed by atoms with Crippen molar-refractivity contribution in [3.05, 3.63) is 66.5 Å². The summed E-state index contributed by atoms with van der Waals surface area (Å²) in [7, 11) is 1.31. The first-order valence-electron chi connectivity index (χ1n) is 10.8. The van der Waals surface area contributed by atoms with Crippen LogP contribution in [0.3, 0.4) is 0 Å². The highest BCUT2D eigenvalue weighted by Crippen LogP contribution is 2.22. The predicted molar refractivity (Wildman–Crippen MR) is 128 cm³/mol. The number of hydrogen-bond donors (Lipinski definition) is 1. The lowest BCUT2D eigenvalue weighted by Gasteiger charge is -2.15. The Balaban J connectivity index is 1.40. The van der Waals surface area contributed by atoms with Gasteiger partial charge < -0.3 is 9.88 Å². The van der Waals surface area contributed by atoms with Gasteiger partial charge in [-0.2, -0.15) is 5.10 Å². The van der Waals surface area contributed by atoms with Gasteiger partial charge in [0.15, 0.2) is 0 Å². The van der Waals surface area contributed by atoms with Crippen molar-refractivity contribution in [1.29, 1.82) is 0 Å². The fourth-order valence-corrected chi connectivity index (χ4v) is 4.63. The maximum Gasteiger partial charge on any atom is 0.242 e. The topological polar surface area (TPSA) is 115 Å². The van der Waals surface area contributed by atoms with Crippen LogP contribution in [0.1, 0.15) is 30.8 Å². The molecule has 10 nitrogen and oxygen atoms in total. The number of carbonyl (C=O) groups is 1. The number of sulfonamides is 1. The van der Waals surface area contributed by atoms with Crippen molar-refractivity contribution in [3.8, 4) is 5.69 Å². The number of amides is 1. The number of benzene rings is 2. The molecule has 0 saturated carbocycles. The van der Waals surface area contributed by atoms with E-state index in [0.717, 1.165) is 22.6 Å². The van der Waals surface area contributed by atoms with Crippen molar-refractivity contribution in [3.63, 3.8) is 0 Å². The predicted octanol–water partition coefficient (Wildman–Crippen LogP) is 2.21. The van der Waals surface area contributed by atoms with E-state index < -0.39 is 10.0 Å². The molecule has 0 aliphatic heterocycles. The minimum absolute atomic E-state index is 0.0872. The van der Waals surface area contributed by atoms with Crippen molar-refractivity contribution < 1.29 is 13.2 Å². The minimum atomic E-state index is -3.54. The van der Waals surface area contributed by atoms with E-state index in [1.807, 2.05) is 42.8 Å². The number of hydrogen-bond acceptors (Lipinski definition) is 6. The second-order valence-electron chi connectivity index (χ2n) is 8.25. The second-order valence-corrected chi connectivity index (χ2v) is 10.4. The van der Waals surface area contributed by atoms with Crippen molar-refractivity contribution >= 4 is 27.0 Å². The average Bonchev–Trinajstić information content (AvgIpc) is 3.46. The first-order chi connectivity index (χ1) is 16.2. The van der Waals surface area contributed by atoms with E-state index in [4.69, 9.17) is 0 Å². The summed E-state index contributed by atoms with van der Waals surface area (Å²) < 4.78 is 29.6. The van der Waals surface area contributed by atoms with E-state index in [9.17, 15) is 13.2 Å². The van der Waals surface area contributed by atoms with Crippen LogP contribution in [0.25, 0.3) is 16.7 Å². The molecule has 4 rings (SSSR count). The van der Waals surface area contributed by atoms with Gasteiger partial charge in [-0.1, -0.05) is 12.1 Å². The molecule has 2 aromatic heterocycles. The van der Waals surface area contributed by atoms with Gasteiger partial charge in [0, 0.05) is 34.0 Å². The van der Waals surface area contributed by atoms with Crippen LogP contribution in [0.5, 0.6) is 0 Å². The molecule has 1 amide bonds. The van der Waals surface area contributed by atoms with Crippen molar-refractivity contribution in [2.45, 2.75) is 30.7 Å². The van der Waals surface area contributed by atoms with E-state index >= 15 is 0 Å². The minimum Gasteiger partial charge on any atom is -0.350 e. The van der Waals surface area contributed by atoms with E-state index in [2.05, 4.69) is 20.4 Å². The summed E-state index contributed by atoms with van der Waals surface area (Å²) in [5, 5.41) is 7.13. The average molecular weight is 482 g/mol. The molecule has 0 spiro atoms. The van der Waals surface area contributed by atoms with Gasteiger partial charge in [0.2, 0.25) is 15.9 Å². The zero-order chi connectivity index (χ0) is 24.5. The van der Waals surface area contributed by atoms with Crippen LogP contribution in [-0.2, 0) is 28.3 Å². The van der Waals surface area contributed by atoms with Crippen molar-refractivity contribution in [2.24, 2.45) is 7.05 Å². The number of carbonyl (C=O) groups excluding carboxylic acids is 1. The Labute approximate surface area is 198 Å². The first-order valence-corrected chi connectivity index (χ1v) is 12.2. The molecule has 0 radical (unpaired) electrons. The van der Waals surface area contributed by atoms with Crippen LogP contribution in [0.15, 0.2) is 60.0 Å². The highest BCUT2D eigenvalue weighted by molar-refractivity contribution is 7.89. The zero-order valence-corrected chi connectivity index (χ0v) is 20.3. The first kappa shape index (κ1) is 23.6. The van der Waals surface area contributed by atoms with Crippen LogP contribution < -0.4 is 5.32 Å².